The summed E-state index contributed by atoms with van der Waals surface area (Å²) in [7, 11) is 0. The van der Waals surface area contributed by atoms with Gasteiger partial charge in [-0.3, -0.25) is 35.9 Å². The highest BCUT2D eigenvalue weighted by Crippen LogP contribution is 2.37. The Morgan fingerprint density at radius 2 is 1.76 bits per heavy atom. The van der Waals surface area contributed by atoms with Crippen molar-refractivity contribution in [2.24, 2.45) is 0 Å². The summed E-state index contributed by atoms with van der Waals surface area (Å²) in [6.45, 7) is 0.0665. The van der Waals surface area contributed by atoms with Crippen LogP contribution in [0, 0.1) is 20.2 Å². The molecule has 1 aromatic heterocycles. The normalized spacial score (nSPS) is 11.5. The molecule has 1 aliphatic rings. The molecule has 0 saturated carbocycles. The molecule has 4 rings (SSSR count). The highest BCUT2D eigenvalue weighted by Gasteiger charge is 2.25. The molecule has 0 aliphatic carbocycles. The number of fused-ring (bicyclic) bond motifs is 1. The summed E-state index contributed by atoms with van der Waals surface area (Å²) in [4.78, 5) is 41.3. The van der Waals surface area contributed by atoms with Crippen molar-refractivity contribution < 1.29 is 24.1 Å². The minimum Gasteiger partial charge on any atom is -0.454 e. The Labute approximate surface area is 188 Å². The first-order valence-electron chi connectivity index (χ1n) is 9.00. The zero-order valence-electron chi connectivity index (χ0n) is 16.3. The van der Waals surface area contributed by atoms with Crippen LogP contribution < -0.4 is 25.6 Å². The molecule has 0 radical (unpaired) electrons. The third-order valence-electron chi connectivity index (χ3n) is 4.34. The van der Waals surface area contributed by atoms with E-state index in [0.717, 1.165) is 12.4 Å². The number of ether oxygens (including phenoxy) is 2. The number of nitrogens with one attached hydrogen (secondary N) is 3. The molecule has 1 amide bonds. The van der Waals surface area contributed by atoms with Crippen LogP contribution in [0.2, 0.25) is 5.02 Å². The number of halogens is 1. The van der Waals surface area contributed by atoms with Gasteiger partial charge < -0.3 is 14.8 Å². The van der Waals surface area contributed by atoms with Gasteiger partial charge in [0.2, 0.25) is 18.4 Å². The molecule has 1 aliphatic heterocycles. The van der Waals surface area contributed by atoms with Crippen molar-refractivity contribution in [1.29, 1.82) is 0 Å². The fourth-order valence-electron chi connectivity index (χ4n) is 2.83. The molecule has 2 heterocycles. The molecule has 3 aromatic rings. The minimum atomic E-state index is -0.812. The minimum absolute atomic E-state index is 0.0665. The Kier molecular flexibility index (Phi) is 5.73. The number of hydrogen-bond donors (Lipinski definition) is 3. The Balaban J connectivity index is 1.55. The lowest BCUT2D eigenvalue weighted by atomic mass is 10.2. The number of benzene rings is 2. The van der Waals surface area contributed by atoms with Gasteiger partial charge in [-0.05, 0) is 24.3 Å². The number of anilines is 3. The second-order valence-corrected chi connectivity index (χ2v) is 6.78. The summed E-state index contributed by atoms with van der Waals surface area (Å²) in [5.74, 6) is -0.305. The number of nitrogens with zero attached hydrogens (tertiary/aromatic N) is 4. The number of nitro benzene ring substituents is 1. The lowest BCUT2D eigenvalue weighted by molar-refractivity contribution is -0.384. The highest BCUT2D eigenvalue weighted by molar-refractivity contribution is 6.32. The van der Waals surface area contributed by atoms with Gasteiger partial charge in [0.05, 0.1) is 9.85 Å². The lowest BCUT2D eigenvalue weighted by Gasteiger charge is -2.11. The molecule has 168 valence electrons. The van der Waals surface area contributed by atoms with E-state index in [-0.39, 0.29) is 29.0 Å². The lowest BCUT2D eigenvalue weighted by Crippen LogP contribution is -2.30. The van der Waals surface area contributed by atoms with E-state index in [0.29, 0.717) is 17.2 Å². The summed E-state index contributed by atoms with van der Waals surface area (Å²) in [6.07, 6.45) is 1.05. The third-order valence-corrected chi connectivity index (χ3v) is 4.66. The number of hydrogen-bond acceptors (Lipinski definition) is 11. The van der Waals surface area contributed by atoms with Gasteiger partial charge in [0.15, 0.2) is 11.5 Å². The second-order valence-electron chi connectivity index (χ2n) is 6.37. The third kappa shape index (κ3) is 4.49. The van der Waals surface area contributed by atoms with E-state index in [1.54, 1.807) is 18.2 Å². The fraction of sp³-hybridized carbons (Fsp3) is 0.0556. The Morgan fingerprint density at radius 1 is 1.00 bits per heavy atom. The van der Waals surface area contributed by atoms with Crippen molar-refractivity contribution >= 4 is 46.2 Å². The van der Waals surface area contributed by atoms with Gasteiger partial charge in [0.25, 0.3) is 11.6 Å². The van der Waals surface area contributed by atoms with E-state index >= 15 is 0 Å². The van der Waals surface area contributed by atoms with Crippen LogP contribution in [0.1, 0.15) is 10.4 Å². The Hall–Kier alpha value is -4.72. The van der Waals surface area contributed by atoms with Gasteiger partial charge in [-0.15, -0.1) is 0 Å². The van der Waals surface area contributed by atoms with Gasteiger partial charge >= 0.3 is 5.69 Å². The molecule has 0 bridgehead atoms. The highest BCUT2D eigenvalue weighted by atomic mass is 35.5. The number of rotatable bonds is 7. The first-order valence-corrected chi connectivity index (χ1v) is 9.37. The smallest absolute Gasteiger partial charge is 0.355 e. The average molecular weight is 474 g/mol. The van der Waals surface area contributed by atoms with Gasteiger partial charge in [0, 0.05) is 23.4 Å². The van der Waals surface area contributed by atoms with Crippen molar-refractivity contribution in [2.45, 2.75) is 0 Å². The van der Waals surface area contributed by atoms with Crippen molar-refractivity contribution in [1.82, 2.24) is 15.4 Å². The maximum Gasteiger partial charge on any atom is 0.355 e. The van der Waals surface area contributed by atoms with Gasteiger partial charge in [-0.25, -0.2) is 9.97 Å². The summed E-state index contributed by atoms with van der Waals surface area (Å²) in [6, 6.07) is 8.24. The van der Waals surface area contributed by atoms with Crippen molar-refractivity contribution in [3.05, 3.63) is 73.5 Å². The molecule has 0 unspecified atom stereocenters. The first-order chi connectivity index (χ1) is 15.8. The van der Waals surface area contributed by atoms with E-state index in [9.17, 15) is 25.0 Å². The maximum absolute atomic E-state index is 12.4. The zero-order valence-corrected chi connectivity index (χ0v) is 17.0. The molecule has 0 spiro atoms. The molecule has 14 nitrogen and oxygen atoms in total. The van der Waals surface area contributed by atoms with E-state index < -0.39 is 27.1 Å². The predicted molar refractivity (Wildman–Crippen MR) is 114 cm³/mol. The number of carbonyl (C=O) groups excluding carboxylic acids is 1. The van der Waals surface area contributed by atoms with E-state index in [2.05, 4.69) is 26.1 Å². The van der Waals surface area contributed by atoms with Crippen LogP contribution in [0.3, 0.4) is 0 Å². The van der Waals surface area contributed by atoms with Crippen molar-refractivity contribution in [3.63, 3.8) is 0 Å². The SMILES string of the molecule is O=C(NNc1ncnc(Nc2ccc3c(c2)OCO3)c1[N+](=O)[O-])c1ccc(Cl)c([N+](=O)[O-])c1. The van der Waals surface area contributed by atoms with E-state index in [1.165, 1.54) is 12.1 Å². The van der Waals surface area contributed by atoms with E-state index in [4.69, 9.17) is 21.1 Å². The topological polar surface area (TPSA) is 184 Å². The molecule has 0 saturated heterocycles. The van der Waals surface area contributed by atoms with Crippen LogP contribution in [0.25, 0.3) is 0 Å². The first kappa shape index (κ1) is 21.5. The Morgan fingerprint density at radius 3 is 2.52 bits per heavy atom. The van der Waals surface area contributed by atoms with Gasteiger partial charge in [0.1, 0.15) is 11.3 Å². The zero-order chi connectivity index (χ0) is 23.5. The molecule has 33 heavy (non-hydrogen) atoms. The summed E-state index contributed by atoms with van der Waals surface area (Å²) in [5.41, 5.74) is 3.86. The van der Waals surface area contributed by atoms with Crippen molar-refractivity contribution in [3.8, 4) is 11.5 Å². The van der Waals surface area contributed by atoms with Gasteiger partial charge in [-0.1, -0.05) is 11.6 Å². The molecule has 2 aromatic carbocycles. The molecule has 0 fully saturated rings. The van der Waals surface area contributed by atoms with E-state index in [1.807, 2.05) is 0 Å². The van der Waals surface area contributed by atoms with Crippen LogP contribution in [0.15, 0.2) is 42.7 Å². The van der Waals surface area contributed by atoms with Gasteiger partial charge in [-0.2, -0.15) is 0 Å². The number of amides is 1. The number of hydrazine groups is 1. The molecular weight excluding hydrogens is 462 g/mol. The quantitative estimate of drug-likeness (QED) is 0.338. The maximum atomic E-state index is 12.4. The Bertz CT molecular complexity index is 1290. The fourth-order valence-corrected chi connectivity index (χ4v) is 3.01. The van der Waals surface area contributed by atoms with Crippen LogP contribution in [-0.2, 0) is 0 Å². The molecular formula is C18H12ClN7O7. The predicted octanol–water partition coefficient (Wildman–Crippen LogP) is 3.18. The van der Waals surface area contributed by atoms with Crippen LogP contribution in [0.5, 0.6) is 11.5 Å². The molecule has 3 N–H and O–H groups in total. The van der Waals surface area contributed by atoms with Crippen LogP contribution in [-0.4, -0.2) is 32.5 Å². The number of carbonyl (C=O) groups is 1. The summed E-state index contributed by atoms with van der Waals surface area (Å²) in [5, 5.41) is 25.4. The molecule has 0 atom stereocenters. The number of aromatic nitrogens is 2. The summed E-state index contributed by atoms with van der Waals surface area (Å²) >= 11 is 5.74. The number of nitro groups is 2. The van der Waals surface area contributed by atoms with Crippen LogP contribution in [0.4, 0.5) is 28.7 Å². The average Bonchev–Trinajstić information content (AvgIpc) is 3.25. The van der Waals surface area contributed by atoms with Crippen LogP contribution >= 0.6 is 11.6 Å². The standard InChI is InChI=1S/C18H12ClN7O7/c19-11-3-1-9(5-12(11)25(28)29)18(27)24-23-17-15(26(30)31)16(20-7-21-17)22-10-2-4-13-14(6-10)33-8-32-13/h1-7H,8H2,(H,24,27)(H2,20,21,22,23). The molecule has 15 heteroatoms. The second kappa shape index (κ2) is 8.80. The van der Waals surface area contributed by atoms with Crippen molar-refractivity contribution in [2.75, 3.05) is 17.5 Å². The largest absolute Gasteiger partial charge is 0.454 e. The monoisotopic (exact) mass is 473 g/mol. The summed E-state index contributed by atoms with van der Waals surface area (Å²) < 4.78 is 10.5.